The van der Waals surface area contributed by atoms with Crippen LogP contribution >= 0.6 is 0 Å². The molecule has 0 aliphatic carbocycles. The summed E-state index contributed by atoms with van der Waals surface area (Å²) in [6.45, 7) is 2.65. The summed E-state index contributed by atoms with van der Waals surface area (Å²) in [4.78, 5) is 28.3. The normalized spacial score (nSPS) is 19.2. The summed E-state index contributed by atoms with van der Waals surface area (Å²) in [7, 11) is 0. The molecule has 8 heteroatoms. The molecule has 0 saturated carbocycles. The molecular weight excluding hydrogens is 252 g/mol. The van der Waals surface area contributed by atoms with E-state index in [9.17, 15) is 9.59 Å². The van der Waals surface area contributed by atoms with E-state index in [1.54, 1.807) is 6.92 Å². The summed E-state index contributed by atoms with van der Waals surface area (Å²) in [5.74, 6) is -0.496. The van der Waals surface area contributed by atoms with Crippen LogP contribution in [0.25, 0.3) is 0 Å². The van der Waals surface area contributed by atoms with Crippen molar-refractivity contribution < 1.29 is 19.2 Å². The second kappa shape index (κ2) is 5.68. The second-order valence-electron chi connectivity index (χ2n) is 4.51. The lowest BCUT2D eigenvalue weighted by Crippen LogP contribution is -2.46. The van der Waals surface area contributed by atoms with Crippen LogP contribution in [0.5, 0.6) is 0 Å². The van der Waals surface area contributed by atoms with E-state index >= 15 is 0 Å². The van der Waals surface area contributed by atoms with Gasteiger partial charge in [0.1, 0.15) is 0 Å². The average Bonchev–Trinajstić information content (AvgIpc) is 2.82. The van der Waals surface area contributed by atoms with Crippen LogP contribution in [0.3, 0.4) is 0 Å². The van der Waals surface area contributed by atoms with Crippen LogP contribution < -0.4 is 5.32 Å². The van der Waals surface area contributed by atoms with Crippen molar-refractivity contribution in [2.45, 2.75) is 26.3 Å². The number of nitrogens with one attached hydrogen (secondary N) is 1. The Balaban J connectivity index is 1.84. The third-order valence-electron chi connectivity index (χ3n) is 3.03. The lowest BCUT2D eigenvalue weighted by molar-refractivity contribution is -0.143. The van der Waals surface area contributed by atoms with Gasteiger partial charge in [-0.2, -0.15) is 4.98 Å². The monoisotopic (exact) mass is 268 g/mol. The molecule has 1 aliphatic heterocycles. The highest BCUT2D eigenvalue weighted by Gasteiger charge is 2.28. The topological polar surface area (TPSA) is 109 Å². The van der Waals surface area contributed by atoms with Crippen LogP contribution in [0.2, 0.25) is 0 Å². The lowest BCUT2D eigenvalue weighted by Gasteiger charge is -2.30. The molecule has 2 heterocycles. The molecule has 1 saturated heterocycles. The number of aromatic nitrogens is 2. The molecule has 1 unspecified atom stereocenters. The summed E-state index contributed by atoms with van der Waals surface area (Å²) < 4.78 is 4.79. The summed E-state index contributed by atoms with van der Waals surface area (Å²) in [5, 5.41) is 15.3. The number of urea groups is 1. The molecule has 0 bridgehead atoms. The Morgan fingerprint density at radius 2 is 2.37 bits per heavy atom. The Labute approximate surface area is 109 Å². The van der Waals surface area contributed by atoms with E-state index in [-0.39, 0.29) is 19.1 Å². The van der Waals surface area contributed by atoms with Gasteiger partial charge in [-0.1, -0.05) is 5.16 Å². The first kappa shape index (κ1) is 13.3. The van der Waals surface area contributed by atoms with Gasteiger partial charge in [0.05, 0.1) is 12.5 Å². The van der Waals surface area contributed by atoms with Crippen molar-refractivity contribution in [3.8, 4) is 0 Å². The fourth-order valence-corrected chi connectivity index (χ4v) is 2.04. The number of aliphatic carboxylic acids is 1. The molecule has 2 N–H and O–H groups in total. The minimum absolute atomic E-state index is 0.171. The minimum Gasteiger partial charge on any atom is -0.481 e. The van der Waals surface area contributed by atoms with Crippen molar-refractivity contribution in [3.05, 3.63) is 11.7 Å². The van der Waals surface area contributed by atoms with Crippen LogP contribution in [-0.4, -0.2) is 45.2 Å². The molecule has 104 valence electrons. The molecule has 1 aliphatic rings. The van der Waals surface area contributed by atoms with Crippen LogP contribution in [0.1, 0.15) is 24.6 Å². The standard InChI is InChI=1S/C11H16N4O4/c1-7-13-9(14-19-7)5-12-11(18)15-4-2-3-8(6-15)10(16)17/h8H,2-6H2,1H3,(H,12,18)(H,16,17). The number of piperidine rings is 1. The quantitative estimate of drug-likeness (QED) is 0.820. The van der Waals surface area contributed by atoms with Gasteiger partial charge in [0.25, 0.3) is 0 Å². The number of carboxylic acid groups (broad SMARTS) is 1. The average molecular weight is 268 g/mol. The van der Waals surface area contributed by atoms with Gasteiger partial charge in [0, 0.05) is 20.0 Å². The molecular formula is C11H16N4O4. The largest absolute Gasteiger partial charge is 0.481 e. The number of carbonyl (C=O) groups is 2. The van der Waals surface area contributed by atoms with Gasteiger partial charge in [-0.3, -0.25) is 4.79 Å². The van der Waals surface area contributed by atoms with Gasteiger partial charge < -0.3 is 19.8 Å². The van der Waals surface area contributed by atoms with Crippen LogP contribution in [0, 0.1) is 12.8 Å². The molecule has 19 heavy (non-hydrogen) atoms. The first-order valence-corrected chi connectivity index (χ1v) is 6.11. The lowest BCUT2D eigenvalue weighted by atomic mass is 9.99. The Morgan fingerprint density at radius 3 is 3.00 bits per heavy atom. The summed E-state index contributed by atoms with van der Waals surface area (Å²) in [5.41, 5.74) is 0. The Morgan fingerprint density at radius 1 is 1.58 bits per heavy atom. The molecule has 1 aromatic rings. The van der Waals surface area contributed by atoms with E-state index in [2.05, 4.69) is 15.5 Å². The van der Waals surface area contributed by atoms with Gasteiger partial charge in [-0.25, -0.2) is 4.79 Å². The zero-order valence-corrected chi connectivity index (χ0v) is 10.6. The van der Waals surface area contributed by atoms with Crippen molar-refractivity contribution in [2.24, 2.45) is 5.92 Å². The molecule has 0 radical (unpaired) electrons. The third kappa shape index (κ3) is 3.43. The number of likely N-dealkylation sites (tertiary alicyclic amines) is 1. The van der Waals surface area contributed by atoms with Gasteiger partial charge in [-0.15, -0.1) is 0 Å². The van der Waals surface area contributed by atoms with E-state index in [1.165, 1.54) is 4.90 Å². The Bertz CT molecular complexity index is 473. The predicted octanol–water partition coefficient (Wildman–Crippen LogP) is 0.384. The Kier molecular flexibility index (Phi) is 3.98. The Hall–Kier alpha value is -2.12. The van der Waals surface area contributed by atoms with E-state index in [0.717, 1.165) is 0 Å². The number of nitrogens with zero attached hydrogens (tertiary/aromatic N) is 3. The second-order valence-corrected chi connectivity index (χ2v) is 4.51. The highest BCUT2D eigenvalue weighted by Crippen LogP contribution is 2.16. The predicted molar refractivity (Wildman–Crippen MR) is 63.2 cm³/mol. The van der Waals surface area contributed by atoms with Gasteiger partial charge in [0.15, 0.2) is 5.82 Å². The fourth-order valence-electron chi connectivity index (χ4n) is 2.04. The van der Waals surface area contributed by atoms with E-state index in [0.29, 0.717) is 31.1 Å². The van der Waals surface area contributed by atoms with E-state index in [1.807, 2.05) is 0 Å². The van der Waals surface area contributed by atoms with Crippen molar-refractivity contribution in [2.75, 3.05) is 13.1 Å². The molecule has 0 spiro atoms. The van der Waals surface area contributed by atoms with Crippen molar-refractivity contribution in [3.63, 3.8) is 0 Å². The van der Waals surface area contributed by atoms with Crippen LogP contribution in [0.15, 0.2) is 4.52 Å². The fraction of sp³-hybridized carbons (Fsp3) is 0.636. The first-order chi connectivity index (χ1) is 9.06. The highest BCUT2D eigenvalue weighted by molar-refractivity contribution is 5.76. The van der Waals surface area contributed by atoms with Crippen molar-refractivity contribution >= 4 is 12.0 Å². The van der Waals surface area contributed by atoms with Gasteiger partial charge >= 0.3 is 12.0 Å². The molecule has 2 amide bonds. The molecule has 1 aromatic heterocycles. The van der Waals surface area contributed by atoms with Crippen LogP contribution in [-0.2, 0) is 11.3 Å². The maximum absolute atomic E-state index is 11.9. The zero-order valence-electron chi connectivity index (χ0n) is 10.6. The van der Waals surface area contributed by atoms with Crippen molar-refractivity contribution in [1.29, 1.82) is 0 Å². The highest BCUT2D eigenvalue weighted by atomic mass is 16.5. The smallest absolute Gasteiger partial charge is 0.317 e. The number of hydrogen-bond acceptors (Lipinski definition) is 5. The third-order valence-corrected chi connectivity index (χ3v) is 3.03. The molecule has 1 atom stereocenters. The number of amides is 2. The first-order valence-electron chi connectivity index (χ1n) is 6.11. The van der Waals surface area contributed by atoms with Crippen LogP contribution in [0.4, 0.5) is 4.79 Å². The number of hydrogen-bond donors (Lipinski definition) is 2. The van der Waals surface area contributed by atoms with E-state index in [4.69, 9.17) is 9.63 Å². The maximum atomic E-state index is 11.9. The summed E-state index contributed by atoms with van der Waals surface area (Å²) in [6, 6.07) is -0.298. The summed E-state index contributed by atoms with van der Waals surface area (Å²) >= 11 is 0. The molecule has 0 aromatic carbocycles. The van der Waals surface area contributed by atoms with Gasteiger partial charge in [0.2, 0.25) is 5.89 Å². The maximum Gasteiger partial charge on any atom is 0.317 e. The SMILES string of the molecule is Cc1nc(CNC(=O)N2CCCC(C(=O)O)C2)no1. The van der Waals surface area contributed by atoms with E-state index < -0.39 is 11.9 Å². The number of carboxylic acids is 1. The summed E-state index contributed by atoms with van der Waals surface area (Å²) in [6.07, 6.45) is 1.31. The zero-order chi connectivity index (χ0) is 13.8. The molecule has 1 fully saturated rings. The molecule has 2 rings (SSSR count). The number of aryl methyl sites for hydroxylation is 1. The van der Waals surface area contributed by atoms with Crippen molar-refractivity contribution in [1.82, 2.24) is 20.4 Å². The van der Waals surface area contributed by atoms with Gasteiger partial charge in [-0.05, 0) is 12.8 Å². The number of rotatable bonds is 3. The molecule has 8 nitrogen and oxygen atoms in total. The minimum atomic E-state index is -0.855. The number of carbonyl (C=O) groups excluding carboxylic acids is 1.